The largest absolute Gasteiger partial charge is 0.342 e. The molecule has 1 unspecified atom stereocenters. The van der Waals surface area contributed by atoms with Crippen LogP contribution in [0.1, 0.15) is 76.8 Å². The summed E-state index contributed by atoms with van der Waals surface area (Å²) in [5, 5.41) is 10.3. The molecule has 1 aromatic heterocycles. The first-order valence-electron chi connectivity index (χ1n) is 10.3. The van der Waals surface area contributed by atoms with Gasteiger partial charge in [-0.05, 0) is 38.5 Å². The molecule has 0 spiro atoms. The first kappa shape index (κ1) is 18.9. The van der Waals surface area contributed by atoms with Crippen molar-refractivity contribution >= 4 is 17.5 Å². The number of aromatic amines is 1. The molecule has 2 fully saturated rings. The van der Waals surface area contributed by atoms with Gasteiger partial charge in [-0.3, -0.25) is 14.7 Å². The van der Waals surface area contributed by atoms with Gasteiger partial charge in [0.1, 0.15) is 0 Å². The molecule has 2 heterocycles. The second-order valence-electron chi connectivity index (χ2n) is 7.80. The van der Waals surface area contributed by atoms with E-state index in [-0.39, 0.29) is 29.6 Å². The molecule has 0 radical (unpaired) electrons. The zero-order valence-corrected chi connectivity index (χ0v) is 16.1. The van der Waals surface area contributed by atoms with Gasteiger partial charge in [-0.25, -0.2) is 0 Å². The van der Waals surface area contributed by atoms with E-state index in [9.17, 15) is 9.59 Å². The van der Waals surface area contributed by atoms with Crippen molar-refractivity contribution in [2.45, 2.75) is 71.1 Å². The predicted molar refractivity (Wildman–Crippen MR) is 102 cm³/mol. The molecule has 26 heavy (non-hydrogen) atoms. The Morgan fingerprint density at radius 2 is 1.96 bits per heavy atom. The molecule has 2 aliphatic rings. The van der Waals surface area contributed by atoms with E-state index in [2.05, 4.69) is 29.4 Å². The maximum absolute atomic E-state index is 12.7. The summed E-state index contributed by atoms with van der Waals surface area (Å²) < 4.78 is 0. The molecule has 6 nitrogen and oxygen atoms in total. The fourth-order valence-electron chi connectivity index (χ4n) is 4.44. The summed E-state index contributed by atoms with van der Waals surface area (Å²) in [7, 11) is 0. The number of hydrogen-bond acceptors (Lipinski definition) is 3. The van der Waals surface area contributed by atoms with Crippen molar-refractivity contribution in [3.63, 3.8) is 0 Å². The summed E-state index contributed by atoms with van der Waals surface area (Å²) in [6, 6.07) is 0. The lowest BCUT2D eigenvalue weighted by Crippen LogP contribution is -2.42. The topological polar surface area (TPSA) is 78.1 Å². The number of H-pyrrole nitrogens is 1. The minimum absolute atomic E-state index is 0.117. The number of carbonyl (C=O) groups is 2. The molecule has 144 valence electrons. The molecule has 1 atom stereocenters. The van der Waals surface area contributed by atoms with Crippen LogP contribution in [0.15, 0.2) is 6.20 Å². The van der Waals surface area contributed by atoms with Gasteiger partial charge in [0.2, 0.25) is 11.8 Å². The van der Waals surface area contributed by atoms with Gasteiger partial charge in [0.25, 0.3) is 0 Å². The summed E-state index contributed by atoms with van der Waals surface area (Å²) >= 11 is 0. The fourth-order valence-corrected chi connectivity index (χ4v) is 4.44. The standard InChI is InChI=1S/C20H32N4O2/c1-3-14(4-2)20(26)24-11-7-10-16(13-24)18-17(12-21-23-18)22-19(25)15-8-5-6-9-15/h12,14-16H,3-11,13H2,1-2H3,(H,21,23)(H,22,25). The van der Waals surface area contributed by atoms with Gasteiger partial charge in [0, 0.05) is 30.8 Å². The molecule has 6 heteroatoms. The van der Waals surface area contributed by atoms with Crippen LogP contribution in [0.2, 0.25) is 0 Å². The van der Waals surface area contributed by atoms with Crippen molar-refractivity contribution in [2.75, 3.05) is 18.4 Å². The Labute approximate surface area is 156 Å². The number of amides is 2. The Kier molecular flexibility index (Phi) is 6.33. The lowest BCUT2D eigenvalue weighted by atomic mass is 9.92. The number of piperidine rings is 1. The SMILES string of the molecule is CCC(CC)C(=O)N1CCCC(c2[nH]ncc2NC(=O)C2CCCC2)C1. The van der Waals surface area contributed by atoms with Crippen molar-refractivity contribution in [3.8, 4) is 0 Å². The quantitative estimate of drug-likeness (QED) is 0.812. The average Bonchev–Trinajstić information content (AvgIpc) is 3.34. The lowest BCUT2D eigenvalue weighted by Gasteiger charge is -2.34. The van der Waals surface area contributed by atoms with Crippen LogP contribution in [0.3, 0.4) is 0 Å². The second-order valence-corrected chi connectivity index (χ2v) is 7.80. The molecule has 1 aliphatic heterocycles. The van der Waals surface area contributed by atoms with Gasteiger partial charge < -0.3 is 10.2 Å². The highest BCUT2D eigenvalue weighted by Crippen LogP contribution is 2.32. The minimum atomic E-state index is 0.117. The van der Waals surface area contributed by atoms with E-state index < -0.39 is 0 Å². The molecule has 1 aromatic rings. The van der Waals surface area contributed by atoms with Crippen molar-refractivity contribution in [1.29, 1.82) is 0 Å². The van der Waals surface area contributed by atoms with Crippen molar-refractivity contribution < 1.29 is 9.59 Å². The summed E-state index contributed by atoms with van der Waals surface area (Å²) in [6.45, 7) is 5.71. The van der Waals surface area contributed by atoms with Gasteiger partial charge in [-0.1, -0.05) is 26.7 Å². The number of aromatic nitrogens is 2. The first-order valence-corrected chi connectivity index (χ1v) is 10.3. The average molecular weight is 361 g/mol. The van der Waals surface area contributed by atoms with Crippen LogP contribution >= 0.6 is 0 Å². The molecule has 1 saturated carbocycles. The monoisotopic (exact) mass is 360 g/mol. The number of anilines is 1. The molecule has 1 saturated heterocycles. The summed E-state index contributed by atoms with van der Waals surface area (Å²) in [5.41, 5.74) is 1.77. The van der Waals surface area contributed by atoms with E-state index in [1.807, 2.05) is 4.90 Å². The van der Waals surface area contributed by atoms with Gasteiger partial charge in [0.15, 0.2) is 0 Å². The summed E-state index contributed by atoms with van der Waals surface area (Å²) in [4.78, 5) is 27.2. The third-order valence-corrected chi connectivity index (χ3v) is 6.13. The van der Waals surface area contributed by atoms with E-state index in [1.54, 1.807) is 6.20 Å². The van der Waals surface area contributed by atoms with Crippen LogP contribution in [-0.4, -0.2) is 40.0 Å². The zero-order valence-electron chi connectivity index (χ0n) is 16.1. The van der Waals surface area contributed by atoms with Crippen molar-refractivity contribution in [1.82, 2.24) is 15.1 Å². The molecule has 2 amide bonds. The third kappa shape index (κ3) is 4.10. The minimum Gasteiger partial charge on any atom is -0.342 e. The number of nitrogens with one attached hydrogen (secondary N) is 2. The normalized spacial score (nSPS) is 21.3. The molecule has 3 rings (SSSR count). The Morgan fingerprint density at radius 3 is 2.65 bits per heavy atom. The molecule has 2 N–H and O–H groups in total. The predicted octanol–water partition coefficient (Wildman–Crippen LogP) is 3.68. The van der Waals surface area contributed by atoms with Gasteiger partial charge in [-0.15, -0.1) is 0 Å². The Balaban J connectivity index is 1.66. The van der Waals surface area contributed by atoms with Crippen LogP contribution in [-0.2, 0) is 9.59 Å². The van der Waals surface area contributed by atoms with Gasteiger partial charge in [0.05, 0.1) is 17.6 Å². The van der Waals surface area contributed by atoms with E-state index in [1.165, 1.54) is 0 Å². The Bertz CT molecular complexity index is 617. The Morgan fingerprint density at radius 1 is 1.23 bits per heavy atom. The van der Waals surface area contributed by atoms with Crippen LogP contribution in [0.5, 0.6) is 0 Å². The summed E-state index contributed by atoms with van der Waals surface area (Å²) in [5.74, 6) is 0.860. The van der Waals surface area contributed by atoms with Crippen molar-refractivity contribution in [3.05, 3.63) is 11.9 Å². The van der Waals surface area contributed by atoms with Gasteiger partial charge >= 0.3 is 0 Å². The van der Waals surface area contributed by atoms with Crippen molar-refractivity contribution in [2.24, 2.45) is 11.8 Å². The first-order chi connectivity index (χ1) is 12.6. The molecular formula is C20H32N4O2. The fraction of sp³-hybridized carbons (Fsp3) is 0.750. The van der Waals surface area contributed by atoms with Gasteiger partial charge in [-0.2, -0.15) is 5.10 Å². The summed E-state index contributed by atoms with van der Waals surface area (Å²) in [6.07, 6.45) is 9.77. The number of rotatable bonds is 6. The van der Waals surface area contributed by atoms with Crippen LogP contribution in [0.4, 0.5) is 5.69 Å². The van der Waals surface area contributed by atoms with E-state index in [0.29, 0.717) is 6.54 Å². The smallest absolute Gasteiger partial charge is 0.227 e. The molecule has 0 aromatic carbocycles. The number of carbonyl (C=O) groups excluding carboxylic acids is 2. The highest BCUT2D eigenvalue weighted by Gasteiger charge is 2.31. The van der Waals surface area contributed by atoms with Crippen LogP contribution in [0, 0.1) is 11.8 Å². The third-order valence-electron chi connectivity index (χ3n) is 6.13. The molecule has 1 aliphatic carbocycles. The van der Waals surface area contributed by atoms with Crippen LogP contribution in [0.25, 0.3) is 0 Å². The molecular weight excluding hydrogens is 328 g/mol. The zero-order chi connectivity index (χ0) is 18.5. The number of hydrogen-bond donors (Lipinski definition) is 2. The van der Waals surface area contributed by atoms with E-state index in [4.69, 9.17) is 0 Å². The number of nitrogens with zero attached hydrogens (tertiary/aromatic N) is 2. The maximum Gasteiger partial charge on any atom is 0.227 e. The van der Waals surface area contributed by atoms with E-state index in [0.717, 1.165) is 69.3 Å². The number of likely N-dealkylation sites (tertiary alicyclic amines) is 1. The highest BCUT2D eigenvalue weighted by atomic mass is 16.2. The van der Waals surface area contributed by atoms with E-state index >= 15 is 0 Å². The lowest BCUT2D eigenvalue weighted by molar-refractivity contribution is -0.137. The highest BCUT2D eigenvalue weighted by molar-refractivity contribution is 5.93. The second kappa shape index (κ2) is 8.69. The Hall–Kier alpha value is -1.85. The maximum atomic E-state index is 12.7. The van der Waals surface area contributed by atoms with Crippen LogP contribution < -0.4 is 5.32 Å². The molecule has 0 bridgehead atoms.